The average molecular weight is 443 g/mol. The molecule has 5 rings (SSSR count). The number of aromatic nitrogens is 2. The molecule has 6 heteroatoms. The van der Waals surface area contributed by atoms with Crippen LogP contribution in [0.1, 0.15) is 46.1 Å². The lowest BCUT2D eigenvalue weighted by Gasteiger charge is -2.28. The van der Waals surface area contributed by atoms with Crippen LogP contribution in [0.5, 0.6) is 0 Å². The summed E-state index contributed by atoms with van der Waals surface area (Å²) in [5.41, 5.74) is 5.90. The van der Waals surface area contributed by atoms with Crippen LogP contribution in [0.3, 0.4) is 0 Å². The molecule has 32 heavy (non-hydrogen) atoms. The molecule has 4 aromatic rings. The van der Waals surface area contributed by atoms with Gasteiger partial charge >= 0.3 is 0 Å². The van der Waals surface area contributed by atoms with E-state index in [1.165, 1.54) is 22.5 Å². The number of rotatable bonds is 6. The molecule has 1 N–H and O–H groups in total. The first kappa shape index (κ1) is 20.5. The maximum absolute atomic E-state index is 5.84. The van der Waals surface area contributed by atoms with E-state index < -0.39 is 0 Å². The van der Waals surface area contributed by atoms with Crippen LogP contribution in [0.15, 0.2) is 83.6 Å². The summed E-state index contributed by atoms with van der Waals surface area (Å²) in [6.07, 6.45) is 3.57. The molecule has 5 nitrogen and oxygen atoms in total. The van der Waals surface area contributed by atoms with Gasteiger partial charge in [0.15, 0.2) is 5.11 Å². The van der Waals surface area contributed by atoms with Crippen molar-refractivity contribution in [3.63, 3.8) is 0 Å². The molecule has 3 aromatic heterocycles. The Balaban J connectivity index is 1.57. The highest BCUT2D eigenvalue weighted by Gasteiger charge is 2.41. The second kappa shape index (κ2) is 8.63. The third kappa shape index (κ3) is 3.82. The molecular formula is C26H26N4OS. The van der Waals surface area contributed by atoms with Gasteiger partial charge in [0, 0.05) is 24.1 Å². The summed E-state index contributed by atoms with van der Waals surface area (Å²) in [6, 6.07) is 22.8. The maximum Gasteiger partial charge on any atom is 0.170 e. The Hall–Kier alpha value is -3.38. The van der Waals surface area contributed by atoms with Gasteiger partial charge in [-0.15, -0.1) is 0 Å². The second-order valence-corrected chi connectivity index (χ2v) is 8.62. The molecule has 0 amide bonds. The number of pyridine rings is 1. The fraction of sp³-hybridized carbons (Fsp3) is 0.231. The van der Waals surface area contributed by atoms with Gasteiger partial charge in [0.1, 0.15) is 5.76 Å². The molecule has 1 saturated heterocycles. The fourth-order valence-corrected chi connectivity index (χ4v) is 4.93. The molecule has 0 spiro atoms. The van der Waals surface area contributed by atoms with Crippen molar-refractivity contribution in [1.29, 1.82) is 0 Å². The SMILES string of the molecule is Cc1cc([C@H]2[C@@H](c3ccccn3)NC(=S)N2Cc2ccccc2)c(C)n1Cc1ccco1. The Kier molecular flexibility index (Phi) is 5.53. The van der Waals surface area contributed by atoms with Crippen LogP contribution in [0, 0.1) is 13.8 Å². The molecule has 1 aliphatic heterocycles. The molecule has 0 radical (unpaired) electrons. The molecule has 0 bridgehead atoms. The first-order valence-corrected chi connectivity index (χ1v) is 11.2. The van der Waals surface area contributed by atoms with Crippen molar-refractivity contribution in [3.8, 4) is 0 Å². The second-order valence-electron chi connectivity index (χ2n) is 8.23. The number of nitrogens with zero attached hydrogens (tertiary/aromatic N) is 3. The van der Waals surface area contributed by atoms with Crippen molar-refractivity contribution in [2.24, 2.45) is 0 Å². The highest BCUT2D eigenvalue weighted by atomic mass is 32.1. The highest BCUT2D eigenvalue weighted by Crippen LogP contribution is 2.41. The summed E-state index contributed by atoms with van der Waals surface area (Å²) in [6.45, 7) is 5.78. The van der Waals surface area contributed by atoms with Crippen LogP contribution in [0.2, 0.25) is 0 Å². The third-order valence-corrected chi connectivity index (χ3v) is 6.57. The minimum absolute atomic E-state index is 0.0232. The van der Waals surface area contributed by atoms with Gasteiger partial charge in [-0.1, -0.05) is 36.4 Å². The first-order chi connectivity index (χ1) is 15.6. The van der Waals surface area contributed by atoms with Crippen molar-refractivity contribution < 1.29 is 4.42 Å². The van der Waals surface area contributed by atoms with Gasteiger partial charge in [-0.05, 0) is 67.5 Å². The van der Waals surface area contributed by atoms with E-state index in [1.54, 1.807) is 6.26 Å². The Morgan fingerprint density at radius 2 is 1.81 bits per heavy atom. The minimum atomic E-state index is -0.0232. The molecular weight excluding hydrogens is 416 g/mol. The molecule has 1 aliphatic rings. The number of nitrogens with one attached hydrogen (secondary N) is 1. The van der Waals surface area contributed by atoms with Gasteiger partial charge in [0.25, 0.3) is 0 Å². The van der Waals surface area contributed by atoms with Gasteiger partial charge in [0.05, 0.1) is 30.6 Å². The predicted molar refractivity (Wildman–Crippen MR) is 129 cm³/mol. The number of benzene rings is 1. The number of furan rings is 1. The van der Waals surface area contributed by atoms with Crippen LogP contribution in [-0.2, 0) is 13.1 Å². The lowest BCUT2D eigenvalue weighted by Crippen LogP contribution is -2.29. The zero-order valence-electron chi connectivity index (χ0n) is 18.2. The first-order valence-electron chi connectivity index (χ1n) is 10.8. The van der Waals surface area contributed by atoms with Crippen molar-refractivity contribution in [2.75, 3.05) is 0 Å². The summed E-state index contributed by atoms with van der Waals surface area (Å²) in [5.74, 6) is 0.945. The van der Waals surface area contributed by atoms with Crippen molar-refractivity contribution >= 4 is 17.3 Å². The van der Waals surface area contributed by atoms with Gasteiger partial charge in [-0.3, -0.25) is 4.98 Å². The maximum atomic E-state index is 5.84. The molecule has 2 atom stereocenters. The zero-order chi connectivity index (χ0) is 22.1. The Morgan fingerprint density at radius 3 is 2.53 bits per heavy atom. The standard InChI is InChI=1S/C26H26N4OS/c1-18-15-22(19(2)29(18)17-21-11-8-14-31-21)25-24(23-12-6-7-13-27-23)28-26(32)30(25)16-20-9-4-3-5-10-20/h3-15,24-25H,16-17H2,1-2H3,(H,28,32)/t24-,25+/m1/s1. The van der Waals surface area contributed by atoms with Crippen molar-refractivity contribution in [2.45, 2.75) is 39.0 Å². The van der Waals surface area contributed by atoms with E-state index in [0.717, 1.165) is 23.1 Å². The Morgan fingerprint density at radius 1 is 1.00 bits per heavy atom. The van der Waals surface area contributed by atoms with E-state index in [2.05, 4.69) is 70.0 Å². The minimum Gasteiger partial charge on any atom is -0.467 e. The van der Waals surface area contributed by atoms with Gasteiger partial charge in [-0.2, -0.15) is 0 Å². The molecule has 0 saturated carbocycles. The summed E-state index contributed by atoms with van der Waals surface area (Å²) in [7, 11) is 0. The van der Waals surface area contributed by atoms with E-state index in [-0.39, 0.29) is 12.1 Å². The van der Waals surface area contributed by atoms with Crippen molar-refractivity contribution in [1.82, 2.24) is 19.8 Å². The van der Waals surface area contributed by atoms with Gasteiger partial charge < -0.3 is 19.2 Å². The largest absolute Gasteiger partial charge is 0.467 e. The van der Waals surface area contributed by atoms with Crippen LogP contribution in [-0.4, -0.2) is 19.6 Å². The fourth-order valence-electron chi connectivity index (χ4n) is 4.62. The lowest BCUT2D eigenvalue weighted by molar-refractivity contribution is 0.309. The van der Waals surface area contributed by atoms with Crippen LogP contribution < -0.4 is 5.32 Å². The third-order valence-electron chi connectivity index (χ3n) is 6.22. The lowest BCUT2D eigenvalue weighted by atomic mass is 9.96. The molecule has 0 unspecified atom stereocenters. The Labute approximate surface area is 193 Å². The molecule has 0 aliphatic carbocycles. The van der Waals surface area contributed by atoms with Crippen molar-refractivity contribution in [3.05, 3.63) is 113 Å². The predicted octanol–water partition coefficient (Wildman–Crippen LogP) is 5.31. The Bertz CT molecular complexity index is 1200. The monoisotopic (exact) mass is 442 g/mol. The number of thiocarbonyl (C=S) groups is 1. The summed E-state index contributed by atoms with van der Waals surface area (Å²) < 4.78 is 7.93. The highest BCUT2D eigenvalue weighted by molar-refractivity contribution is 7.80. The van der Waals surface area contributed by atoms with E-state index in [9.17, 15) is 0 Å². The topological polar surface area (TPSA) is 46.2 Å². The van der Waals surface area contributed by atoms with E-state index in [4.69, 9.17) is 16.6 Å². The van der Waals surface area contributed by atoms with E-state index in [1.807, 2.05) is 36.5 Å². The average Bonchev–Trinajstić information content (AvgIpc) is 3.51. The smallest absolute Gasteiger partial charge is 0.170 e. The van der Waals surface area contributed by atoms with E-state index in [0.29, 0.717) is 6.54 Å². The molecule has 162 valence electrons. The molecule has 1 aromatic carbocycles. The molecule has 1 fully saturated rings. The van der Waals surface area contributed by atoms with Crippen LogP contribution in [0.25, 0.3) is 0 Å². The number of hydrogen-bond acceptors (Lipinski definition) is 3. The van der Waals surface area contributed by atoms with Crippen LogP contribution in [0.4, 0.5) is 0 Å². The quantitative estimate of drug-likeness (QED) is 0.410. The van der Waals surface area contributed by atoms with Gasteiger partial charge in [-0.25, -0.2) is 0 Å². The van der Waals surface area contributed by atoms with Crippen LogP contribution >= 0.6 is 12.2 Å². The summed E-state index contributed by atoms with van der Waals surface area (Å²) in [5, 5.41) is 4.31. The normalized spacial score (nSPS) is 18.2. The summed E-state index contributed by atoms with van der Waals surface area (Å²) >= 11 is 5.84. The molecule has 4 heterocycles. The van der Waals surface area contributed by atoms with Gasteiger partial charge in [0.2, 0.25) is 0 Å². The summed E-state index contributed by atoms with van der Waals surface area (Å²) in [4.78, 5) is 6.96. The van der Waals surface area contributed by atoms with E-state index >= 15 is 0 Å². The number of aryl methyl sites for hydroxylation is 1. The number of hydrogen-bond donors (Lipinski definition) is 1. The zero-order valence-corrected chi connectivity index (χ0v) is 19.0.